The molecule has 0 radical (unpaired) electrons. The predicted octanol–water partition coefficient (Wildman–Crippen LogP) is 1.85. The maximum absolute atomic E-state index is 13.9. The van der Waals surface area contributed by atoms with Gasteiger partial charge in [-0.15, -0.1) is 0 Å². The van der Waals surface area contributed by atoms with Crippen LogP contribution in [0.2, 0.25) is 0 Å². The second-order valence-electron chi connectivity index (χ2n) is 6.46. The van der Waals surface area contributed by atoms with Gasteiger partial charge in [0.05, 0.1) is 11.9 Å². The molecule has 0 saturated heterocycles. The van der Waals surface area contributed by atoms with Gasteiger partial charge >= 0.3 is 43.0 Å². The summed E-state index contributed by atoms with van der Waals surface area (Å²) in [4.78, 5) is 32.5. The van der Waals surface area contributed by atoms with Crippen molar-refractivity contribution in [3.63, 3.8) is 0 Å². The van der Waals surface area contributed by atoms with Gasteiger partial charge < -0.3 is 14.5 Å². The number of carbonyl (C=O) groups excluding carboxylic acids is 4. The molecule has 9 nitrogen and oxygen atoms in total. The van der Waals surface area contributed by atoms with E-state index >= 15 is 0 Å². The minimum absolute atomic E-state index is 0. The molecule has 0 saturated carbocycles. The zero-order valence-electron chi connectivity index (χ0n) is 20.0. The van der Waals surface area contributed by atoms with Crippen molar-refractivity contribution in [2.75, 3.05) is 0 Å². The summed E-state index contributed by atoms with van der Waals surface area (Å²) < 4.78 is 64.1. The van der Waals surface area contributed by atoms with E-state index in [0.29, 0.717) is 12.1 Å². The van der Waals surface area contributed by atoms with E-state index in [2.05, 4.69) is 19.4 Å². The van der Waals surface area contributed by atoms with Crippen LogP contribution in [0.5, 0.6) is 0 Å². The number of hydrogen-bond donors (Lipinski definition) is 0. The van der Waals surface area contributed by atoms with Crippen LogP contribution in [0.25, 0.3) is 0 Å². The number of aromatic nitrogens is 2. The number of alkyl halides is 4. The van der Waals surface area contributed by atoms with Gasteiger partial charge in [0.2, 0.25) is 11.5 Å². The van der Waals surface area contributed by atoms with E-state index in [4.69, 9.17) is 19.2 Å². The first-order valence-corrected chi connectivity index (χ1v) is 9.91. The van der Waals surface area contributed by atoms with E-state index < -0.39 is 23.4 Å². The third kappa shape index (κ3) is 10.5. The van der Waals surface area contributed by atoms with Crippen LogP contribution < -0.4 is 18.9 Å². The van der Waals surface area contributed by atoms with Gasteiger partial charge in [-0.1, -0.05) is 77.9 Å². The van der Waals surface area contributed by atoms with Gasteiger partial charge in [-0.05, 0) is 6.42 Å². The van der Waals surface area contributed by atoms with Gasteiger partial charge in [0, 0.05) is 23.3 Å². The van der Waals surface area contributed by atoms with Gasteiger partial charge in [-0.2, -0.15) is 36.7 Å². The van der Waals surface area contributed by atoms with Gasteiger partial charge in [-0.25, -0.2) is 0 Å². The largest absolute Gasteiger partial charge is 1.00 e. The van der Waals surface area contributed by atoms with E-state index in [1.54, 1.807) is 36.4 Å². The molecule has 38 heavy (non-hydrogen) atoms. The molecule has 0 amide bonds. The zero-order valence-corrected chi connectivity index (χ0v) is 20.0. The number of hydrogen-bond acceptors (Lipinski definition) is 9. The standard InChI is InChI=1S/C12H11F2NO.C10H7F2NO.2CO2.Li.H2O/c1-2-10-8-11(16-15-10)12(13,14)9-6-4-3-5-7-9;11-10(12,9-6-7-13-14-9)8-4-2-1-3-5-8;2*2-1-3;;/h3-8H,2H2,1H3;1-7H;;;;1H2/q;;;;+1;/p-1. The molecule has 0 atom stereocenters. The number of nitrogens with zero attached hydrogens (tertiary/aromatic N) is 2. The van der Waals surface area contributed by atoms with Crippen molar-refractivity contribution in [2.45, 2.75) is 25.2 Å². The summed E-state index contributed by atoms with van der Waals surface area (Å²) in [5, 5.41) is 6.83. The van der Waals surface area contributed by atoms with E-state index in [1.807, 2.05) is 6.92 Å². The van der Waals surface area contributed by atoms with Crippen LogP contribution in [0, 0.1) is 0 Å². The normalized spacial score (nSPS) is 9.61. The summed E-state index contributed by atoms with van der Waals surface area (Å²) in [6, 6.07) is 17.5. The molecule has 0 aliphatic heterocycles. The molecule has 2 aromatic carbocycles. The van der Waals surface area contributed by atoms with Gasteiger partial charge in [-0.3, -0.25) is 0 Å². The first-order chi connectivity index (χ1) is 17.2. The summed E-state index contributed by atoms with van der Waals surface area (Å²) in [7, 11) is 0. The molecule has 0 unspecified atom stereocenters. The molecule has 1 N–H and O–H groups in total. The predicted molar refractivity (Wildman–Crippen MR) is 113 cm³/mol. The van der Waals surface area contributed by atoms with Gasteiger partial charge in [0.25, 0.3) is 0 Å². The second-order valence-corrected chi connectivity index (χ2v) is 6.46. The molecule has 0 aliphatic carbocycles. The molecule has 2 aromatic heterocycles. The Labute approximate surface area is 225 Å². The smallest absolute Gasteiger partial charge is 0.870 e. The zero-order chi connectivity index (χ0) is 27.0. The summed E-state index contributed by atoms with van der Waals surface area (Å²) in [5.74, 6) is -7.08. The summed E-state index contributed by atoms with van der Waals surface area (Å²) in [6.45, 7) is 1.84. The van der Waals surface area contributed by atoms with Crippen molar-refractivity contribution in [1.82, 2.24) is 10.3 Å². The number of benzene rings is 2. The molecule has 2 heterocycles. The maximum atomic E-state index is 13.9. The fraction of sp³-hybridized carbons (Fsp3) is 0.167. The van der Waals surface area contributed by atoms with E-state index in [1.165, 1.54) is 36.5 Å². The molecular weight excluding hydrogens is 511 g/mol. The monoisotopic (exact) mass is 530 g/mol. The molecule has 0 spiro atoms. The molecule has 0 aliphatic rings. The molecular formula is C24H19F4LiN2O7. The van der Waals surface area contributed by atoms with Crippen molar-refractivity contribution in [3.8, 4) is 0 Å². The van der Waals surface area contributed by atoms with Crippen molar-refractivity contribution in [3.05, 3.63) is 107 Å². The van der Waals surface area contributed by atoms with Crippen molar-refractivity contribution >= 4 is 12.3 Å². The average Bonchev–Trinajstić information content (AvgIpc) is 3.60. The summed E-state index contributed by atoms with van der Waals surface area (Å²) in [6.07, 6.45) is 2.28. The van der Waals surface area contributed by atoms with Crippen LogP contribution in [-0.2, 0) is 37.4 Å². The Hall–Kier alpha value is -4.10. The van der Waals surface area contributed by atoms with Crippen LogP contribution >= 0.6 is 0 Å². The molecule has 14 heteroatoms. The first-order valence-electron chi connectivity index (χ1n) is 9.91. The van der Waals surface area contributed by atoms with E-state index in [-0.39, 0.29) is 47.8 Å². The van der Waals surface area contributed by atoms with Crippen LogP contribution in [0.4, 0.5) is 17.6 Å². The van der Waals surface area contributed by atoms with Gasteiger partial charge in [0.15, 0.2) is 0 Å². The molecule has 0 bridgehead atoms. The summed E-state index contributed by atoms with van der Waals surface area (Å²) in [5.41, 5.74) is 0.344. The topological polar surface area (TPSA) is 150 Å². The van der Waals surface area contributed by atoms with Crippen LogP contribution in [0.15, 0.2) is 88.0 Å². The fourth-order valence-corrected chi connectivity index (χ4v) is 2.58. The third-order valence-corrected chi connectivity index (χ3v) is 4.25. The maximum Gasteiger partial charge on any atom is 1.00 e. The van der Waals surface area contributed by atoms with E-state index in [0.717, 1.165) is 6.07 Å². The number of halogens is 4. The fourth-order valence-electron chi connectivity index (χ4n) is 2.58. The Balaban J connectivity index is 0. The van der Waals surface area contributed by atoms with Crippen LogP contribution in [0.1, 0.15) is 35.3 Å². The van der Waals surface area contributed by atoms with Crippen molar-refractivity contribution < 1.29 is 70.1 Å². The first kappa shape index (κ1) is 36.1. The SMILES string of the molecule is CCc1cc(C(F)(F)c2ccccc2)on1.FC(F)(c1ccccc1)c1ccno1.O=C=O.O=C=O.[Li+].[OH-]. The Morgan fingerprint density at radius 2 is 1.16 bits per heavy atom. The summed E-state index contributed by atoms with van der Waals surface area (Å²) >= 11 is 0. The molecule has 196 valence electrons. The average molecular weight is 530 g/mol. The molecule has 4 rings (SSSR count). The third-order valence-electron chi connectivity index (χ3n) is 4.25. The Morgan fingerprint density at radius 3 is 1.50 bits per heavy atom. The number of rotatable bonds is 5. The number of aryl methyl sites for hydroxylation is 1. The van der Waals surface area contributed by atoms with E-state index in [9.17, 15) is 17.6 Å². The Kier molecular flexibility index (Phi) is 17.3. The van der Waals surface area contributed by atoms with Crippen LogP contribution in [0.3, 0.4) is 0 Å². The minimum Gasteiger partial charge on any atom is -0.870 e. The van der Waals surface area contributed by atoms with Crippen LogP contribution in [-0.4, -0.2) is 28.1 Å². The second kappa shape index (κ2) is 18.2. The van der Waals surface area contributed by atoms with Crippen molar-refractivity contribution in [2.24, 2.45) is 0 Å². The minimum atomic E-state index is -3.12. The van der Waals surface area contributed by atoms with Gasteiger partial charge in [0.1, 0.15) is 0 Å². The Morgan fingerprint density at radius 1 is 0.737 bits per heavy atom. The molecule has 0 fully saturated rings. The quantitative estimate of drug-likeness (QED) is 0.278. The van der Waals surface area contributed by atoms with Crippen molar-refractivity contribution in [1.29, 1.82) is 0 Å². The molecule has 4 aromatic rings. The Bertz CT molecular complexity index is 1220.